The molecule has 1 aliphatic carbocycles. The number of rotatable bonds is 6. The lowest BCUT2D eigenvalue weighted by Gasteiger charge is -2.30. The fourth-order valence-corrected chi connectivity index (χ4v) is 4.33. The van der Waals surface area contributed by atoms with Gasteiger partial charge in [-0.2, -0.15) is 13.2 Å². The van der Waals surface area contributed by atoms with E-state index >= 15 is 0 Å². The maximum Gasteiger partial charge on any atom is 0.416 e. The van der Waals surface area contributed by atoms with E-state index in [2.05, 4.69) is 10.3 Å². The van der Waals surface area contributed by atoms with Gasteiger partial charge in [-0.05, 0) is 36.1 Å². The van der Waals surface area contributed by atoms with Crippen LogP contribution in [-0.2, 0) is 12.6 Å². The first kappa shape index (κ1) is 18.2. The molecule has 1 atom stereocenters. The minimum atomic E-state index is -4.28. The van der Waals surface area contributed by atoms with E-state index in [-0.39, 0.29) is 0 Å². The number of benzene rings is 1. The third-order valence-corrected chi connectivity index (χ3v) is 5.82. The molecule has 0 aliphatic heterocycles. The number of aromatic nitrogens is 1. The first-order valence-corrected chi connectivity index (χ1v) is 9.70. The Morgan fingerprint density at radius 1 is 1.12 bits per heavy atom. The van der Waals surface area contributed by atoms with Crippen LogP contribution in [0.25, 0.3) is 0 Å². The van der Waals surface area contributed by atoms with Crippen LogP contribution in [0.5, 0.6) is 0 Å². The number of anilines is 1. The number of halogens is 3. The lowest BCUT2D eigenvalue weighted by atomic mass is 9.78. The fourth-order valence-electron chi connectivity index (χ4n) is 3.62. The zero-order valence-corrected chi connectivity index (χ0v) is 14.9. The van der Waals surface area contributed by atoms with Crippen LogP contribution < -0.4 is 5.32 Å². The van der Waals surface area contributed by atoms with Gasteiger partial charge in [0.25, 0.3) is 0 Å². The molecule has 1 N–H and O–H groups in total. The van der Waals surface area contributed by atoms with Crippen LogP contribution >= 0.6 is 11.3 Å². The van der Waals surface area contributed by atoms with E-state index in [1.54, 1.807) is 11.3 Å². The van der Waals surface area contributed by atoms with Crippen LogP contribution in [0.15, 0.2) is 35.8 Å². The molecule has 0 amide bonds. The number of alkyl halides is 3. The SMILES string of the molecule is FC(F)(F)c1ccc(NC[C@@H](Cc2nccs2)C2CCCCC2)cc1. The molecule has 1 aliphatic rings. The van der Waals surface area contributed by atoms with E-state index in [0.717, 1.165) is 35.8 Å². The highest BCUT2D eigenvalue weighted by Gasteiger charge is 2.30. The molecule has 1 fully saturated rings. The van der Waals surface area contributed by atoms with Crippen LogP contribution in [0.2, 0.25) is 0 Å². The van der Waals surface area contributed by atoms with Gasteiger partial charge in [0.15, 0.2) is 0 Å². The summed E-state index contributed by atoms with van der Waals surface area (Å²) in [6, 6.07) is 5.31. The quantitative estimate of drug-likeness (QED) is 0.675. The summed E-state index contributed by atoms with van der Waals surface area (Å²) in [5, 5.41) is 6.48. The zero-order chi connectivity index (χ0) is 17.7. The third-order valence-electron chi connectivity index (χ3n) is 5.02. The van der Waals surface area contributed by atoms with Crippen LogP contribution in [-0.4, -0.2) is 11.5 Å². The van der Waals surface area contributed by atoms with Crippen molar-refractivity contribution in [3.8, 4) is 0 Å². The molecule has 6 heteroatoms. The minimum Gasteiger partial charge on any atom is -0.385 e. The number of thiazole rings is 1. The smallest absolute Gasteiger partial charge is 0.385 e. The monoisotopic (exact) mass is 368 g/mol. The molecule has 0 spiro atoms. The van der Waals surface area contributed by atoms with Crippen molar-refractivity contribution >= 4 is 17.0 Å². The van der Waals surface area contributed by atoms with E-state index < -0.39 is 11.7 Å². The summed E-state index contributed by atoms with van der Waals surface area (Å²) in [6.45, 7) is 0.773. The molecule has 1 aromatic carbocycles. The highest BCUT2D eigenvalue weighted by molar-refractivity contribution is 7.09. The Bertz CT molecular complexity index is 632. The first-order valence-electron chi connectivity index (χ1n) is 8.82. The molecule has 0 saturated heterocycles. The molecular formula is C19H23F3N2S. The summed E-state index contributed by atoms with van der Waals surface area (Å²) >= 11 is 1.68. The molecule has 2 nitrogen and oxygen atoms in total. The van der Waals surface area contributed by atoms with Gasteiger partial charge in [0, 0.05) is 30.2 Å². The van der Waals surface area contributed by atoms with Crippen LogP contribution in [0.4, 0.5) is 18.9 Å². The van der Waals surface area contributed by atoms with E-state index in [0.29, 0.717) is 11.8 Å². The molecule has 0 unspecified atom stereocenters. The highest BCUT2D eigenvalue weighted by Crippen LogP contribution is 2.33. The average Bonchev–Trinajstić information content (AvgIpc) is 3.12. The number of nitrogens with zero attached hydrogens (tertiary/aromatic N) is 1. The van der Waals surface area contributed by atoms with Gasteiger partial charge in [-0.3, -0.25) is 0 Å². The average molecular weight is 368 g/mol. The van der Waals surface area contributed by atoms with Gasteiger partial charge >= 0.3 is 6.18 Å². The van der Waals surface area contributed by atoms with Gasteiger partial charge in [0.1, 0.15) is 0 Å². The normalized spacial score (nSPS) is 17.4. The Morgan fingerprint density at radius 3 is 2.44 bits per heavy atom. The Labute approximate surface area is 150 Å². The lowest BCUT2D eigenvalue weighted by Crippen LogP contribution is -2.27. The minimum absolute atomic E-state index is 0.466. The number of nitrogens with one attached hydrogen (secondary N) is 1. The summed E-state index contributed by atoms with van der Waals surface area (Å²) in [5.74, 6) is 1.13. The second-order valence-corrected chi connectivity index (χ2v) is 7.72. The predicted molar refractivity (Wildman–Crippen MR) is 95.8 cm³/mol. The van der Waals surface area contributed by atoms with E-state index in [4.69, 9.17) is 0 Å². The number of hydrogen-bond acceptors (Lipinski definition) is 3. The van der Waals surface area contributed by atoms with Crippen molar-refractivity contribution in [2.75, 3.05) is 11.9 Å². The number of hydrogen-bond donors (Lipinski definition) is 1. The lowest BCUT2D eigenvalue weighted by molar-refractivity contribution is -0.137. The summed E-state index contributed by atoms with van der Waals surface area (Å²) in [4.78, 5) is 4.41. The predicted octanol–water partition coefficient (Wildman–Crippen LogP) is 6.01. The summed E-state index contributed by atoms with van der Waals surface area (Å²) in [5.41, 5.74) is 0.137. The van der Waals surface area contributed by atoms with Crippen LogP contribution in [0.1, 0.15) is 42.7 Å². The van der Waals surface area contributed by atoms with Gasteiger partial charge < -0.3 is 5.32 Å². The van der Waals surface area contributed by atoms with Gasteiger partial charge in [-0.15, -0.1) is 11.3 Å². The van der Waals surface area contributed by atoms with Gasteiger partial charge in [-0.1, -0.05) is 32.1 Å². The fraction of sp³-hybridized carbons (Fsp3) is 0.526. The summed E-state index contributed by atoms with van der Waals surface area (Å²) < 4.78 is 38.0. The molecule has 3 rings (SSSR count). The topological polar surface area (TPSA) is 24.9 Å². The molecule has 25 heavy (non-hydrogen) atoms. The molecule has 2 aromatic rings. The Kier molecular flexibility index (Phi) is 5.99. The Hall–Kier alpha value is -1.56. The van der Waals surface area contributed by atoms with Crippen LogP contribution in [0, 0.1) is 11.8 Å². The molecule has 0 radical (unpaired) electrons. The van der Waals surface area contributed by atoms with Gasteiger partial charge in [0.2, 0.25) is 0 Å². The van der Waals surface area contributed by atoms with E-state index in [9.17, 15) is 13.2 Å². The largest absolute Gasteiger partial charge is 0.416 e. The summed E-state index contributed by atoms with van der Waals surface area (Å²) in [7, 11) is 0. The van der Waals surface area contributed by atoms with Crippen molar-refractivity contribution in [2.45, 2.75) is 44.7 Å². The van der Waals surface area contributed by atoms with Crippen molar-refractivity contribution < 1.29 is 13.2 Å². The summed E-state index contributed by atoms with van der Waals surface area (Å²) in [6.07, 6.45) is 4.84. The van der Waals surface area contributed by atoms with Crippen LogP contribution in [0.3, 0.4) is 0 Å². The van der Waals surface area contributed by atoms with Gasteiger partial charge in [0.05, 0.1) is 10.6 Å². The molecule has 1 heterocycles. The molecule has 0 bridgehead atoms. The maximum absolute atomic E-state index is 12.7. The second kappa shape index (κ2) is 8.21. The molecule has 1 saturated carbocycles. The van der Waals surface area contributed by atoms with Crippen molar-refractivity contribution in [3.05, 3.63) is 46.4 Å². The van der Waals surface area contributed by atoms with Crippen molar-refractivity contribution in [1.82, 2.24) is 4.98 Å². The Morgan fingerprint density at radius 2 is 1.84 bits per heavy atom. The molecular weight excluding hydrogens is 345 g/mol. The standard InChI is InChI=1S/C19H23F3N2S/c20-19(21,22)16-6-8-17(9-7-16)24-13-15(12-18-23-10-11-25-18)14-4-2-1-3-5-14/h6-11,14-15,24H,1-5,12-13H2/t15-/m1/s1. The maximum atomic E-state index is 12.7. The zero-order valence-electron chi connectivity index (χ0n) is 14.1. The van der Waals surface area contributed by atoms with Gasteiger partial charge in [-0.25, -0.2) is 4.98 Å². The van der Waals surface area contributed by atoms with E-state index in [1.165, 1.54) is 44.2 Å². The highest BCUT2D eigenvalue weighted by atomic mass is 32.1. The van der Waals surface area contributed by atoms with Crippen molar-refractivity contribution in [3.63, 3.8) is 0 Å². The third kappa shape index (κ3) is 5.21. The molecule has 1 aromatic heterocycles. The van der Waals surface area contributed by atoms with E-state index in [1.807, 2.05) is 11.6 Å². The van der Waals surface area contributed by atoms with Crippen molar-refractivity contribution in [1.29, 1.82) is 0 Å². The first-order chi connectivity index (χ1) is 12.0. The molecule has 136 valence electrons. The second-order valence-electron chi connectivity index (χ2n) is 6.74. The van der Waals surface area contributed by atoms with Crippen molar-refractivity contribution in [2.24, 2.45) is 11.8 Å². The Balaban J connectivity index is 1.63.